The zero-order valence-electron chi connectivity index (χ0n) is 15.5. The van der Waals surface area contributed by atoms with Crippen LogP contribution in [0.2, 0.25) is 5.02 Å². The average Bonchev–Trinajstić information content (AvgIpc) is 3.36. The van der Waals surface area contributed by atoms with Gasteiger partial charge in [0, 0.05) is 10.2 Å². The summed E-state index contributed by atoms with van der Waals surface area (Å²) in [6.07, 6.45) is 5.13. The van der Waals surface area contributed by atoms with Crippen LogP contribution >= 0.6 is 11.6 Å². The van der Waals surface area contributed by atoms with Gasteiger partial charge in [0.1, 0.15) is 12.3 Å². The number of halogens is 1. The molecule has 1 saturated carbocycles. The Labute approximate surface area is 173 Å². The van der Waals surface area contributed by atoms with Crippen LogP contribution in [0.3, 0.4) is 0 Å². The number of hydrogen-bond acceptors (Lipinski definition) is 7. The van der Waals surface area contributed by atoms with E-state index in [0.29, 0.717) is 21.5 Å². The zero-order chi connectivity index (χ0) is 20.7. The second kappa shape index (κ2) is 7.30. The van der Waals surface area contributed by atoms with E-state index >= 15 is 0 Å². The van der Waals surface area contributed by atoms with Gasteiger partial charge in [-0.25, -0.2) is 9.79 Å². The molecule has 30 heavy (non-hydrogen) atoms. The van der Waals surface area contributed by atoms with Gasteiger partial charge in [-0.2, -0.15) is 19.6 Å². The fourth-order valence-corrected chi connectivity index (χ4v) is 2.98. The number of rotatable bonds is 5. The van der Waals surface area contributed by atoms with Gasteiger partial charge in [-0.15, -0.1) is 0 Å². The third kappa shape index (κ3) is 3.77. The predicted molar refractivity (Wildman–Crippen MR) is 107 cm³/mol. The molecule has 3 N–H and O–H groups in total. The molecule has 4 aromatic rings. The van der Waals surface area contributed by atoms with Crippen LogP contribution < -0.4 is 21.3 Å². The van der Waals surface area contributed by atoms with Crippen molar-refractivity contribution >= 4 is 23.3 Å². The zero-order valence-corrected chi connectivity index (χ0v) is 16.3. The maximum atomic E-state index is 11.4. The number of hydrogen-bond donors (Lipinski definition) is 3. The maximum absolute atomic E-state index is 11.4. The van der Waals surface area contributed by atoms with Crippen molar-refractivity contribution in [2.24, 2.45) is 4.99 Å². The topological polar surface area (TPSA) is 134 Å². The highest BCUT2D eigenvalue weighted by molar-refractivity contribution is 6.30. The average molecular weight is 426 g/mol. The quantitative estimate of drug-likeness (QED) is 0.430. The first-order valence-electron chi connectivity index (χ1n) is 9.25. The molecule has 3 heterocycles. The second-order valence-corrected chi connectivity index (χ2v) is 7.34. The van der Waals surface area contributed by atoms with Gasteiger partial charge in [-0.05, 0) is 36.6 Å². The lowest BCUT2D eigenvalue weighted by Crippen LogP contribution is -2.23. The van der Waals surface area contributed by atoms with Gasteiger partial charge in [-0.3, -0.25) is 4.98 Å². The highest BCUT2D eigenvalue weighted by Gasteiger charge is 2.21. The molecule has 1 aliphatic rings. The van der Waals surface area contributed by atoms with E-state index in [1.807, 2.05) is 12.1 Å². The van der Waals surface area contributed by atoms with Crippen LogP contribution in [0.25, 0.3) is 11.7 Å². The van der Waals surface area contributed by atoms with Crippen molar-refractivity contribution in [3.63, 3.8) is 0 Å². The molecule has 0 bridgehead atoms. The summed E-state index contributed by atoms with van der Waals surface area (Å²) in [5.74, 6) is -0.268. The molecule has 0 aliphatic heterocycles. The predicted octanol–water partition coefficient (Wildman–Crippen LogP) is 0.689. The van der Waals surface area contributed by atoms with Gasteiger partial charge in [0.15, 0.2) is 5.65 Å². The summed E-state index contributed by atoms with van der Waals surface area (Å²) in [6, 6.07) is 7.66. The van der Waals surface area contributed by atoms with E-state index in [-0.39, 0.29) is 30.2 Å². The summed E-state index contributed by atoms with van der Waals surface area (Å²) in [5, 5.41) is 15.4. The Morgan fingerprint density at radius 3 is 2.77 bits per heavy atom. The molecule has 0 spiro atoms. The molecule has 10 nitrogen and oxygen atoms in total. The summed E-state index contributed by atoms with van der Waals surface area (Å²) >= 11 is 5.92. The molecular weight excluding hydrogens is 410 g/mol. The minimum atomic E-state index is -0.513. The monoisotopic (exact) mass is 425 g/mol. The number of nitrogens with zero attached hydrogens (tertiary/aromatic N) is 5. The molecule has 5 rings (SSSR count). The van der Waals surface area contributed by atoms with Crippen LogP contribution in [0.1, 0.15) is 24.1 Å². The Hall–Kier alpha value is -3.66. The maximum Gasteiger partial charge on any atom is 0.326 e. The molecular formula is C19H16ClN7O3. The standard InChI is InChI=1S/C19H16ClN7O3/c20-12-3-1-10(2-4-12)9-30-19-24-15-11(7-14-16(28)25-18(29)23-14)8-21-27(15)17(26-19)22-13-5-6-13/h1-4,7-8,13,28H,5-6,9H2,(H2,23,25,29). The highest BCUT2D eigenvalue weighted by Crippen LogP contribution is 2.22. The summed E-state index contributed by atoms with van der Waals surface area (Å²) in [4.78, 5) is 29.6. The van der Waals surface area contributed by atoms with Crippen molar-refractivity contribution < 1.29 is 9.84 Å². The van der Waals surface area contributed by atoms with Crippen LogP contribution in [-0.4, -0.2) is 40.7 Å². The molecule has 1 aliphatic carbocycles. The molecule has 11 heteroatoms. The summed E-state index contributed by atoms with van der Waals surface area (Å²) in [7, 11) is 0. The van der Waals surface area contributed by atoms with Gasteiger partial charge in [-0.1, -0.05) is 23.7 Å². The molecule has 0 saturated heterocycles. The number of nitrogens with one attached hydrogen (secondary N) is 2. The lowest BCUT2D eigenvalue weighted by atomic mass is 10.2. The Bertz CT molecular complexity index is 1400. The van der Waals surface area contributed by atoms with Gasteiger partial charge >= 0.3 is 11.7 Å². The second-order valence-electron chi connectivity index (χ2n) is 6.90. The fourth-order valence-electron chi connectivity index (χ4n) is 2.85. The van der Waals surface area contributed by atoms with E-state index in [0.717, 1.165) is 18.4 Å². The first-order chi connectivity index (χ1) is 14.5. The van der Waals surface area contributed by atoms with Crippen LogP contribution in [0.5, 0.6) is 11.9 Å². The van der Waals surface area contributed by atoms with Gasteiger partial charge in [0.25, 0.3) is 5.62 Å². The molecule has 1 aromatic carbocycles. The number of aromatic nitrogens is 6. The smallest absolute Gasteiger partial charge is 0.326 e. The minimum Gasteiger partial charge on any atom is -0.493 e. The third-order valence-electron chi connectivity index (χ3n) is 4.52. The van der Waals surface area contributed by atoms with Crippen LogP contribution in [0.15, 0.2) is 40.2 Å². The number of imidazole rings is 1. The molecule has 0 amide bonds. The number of aromatic amines is 2. The molecule has 0 unspecified atom stereocenters. The Morgan fingerprint density at radius 2 is 2.07 bits per heavy atom. The van der Waals surface area contributed by atoms with Crippen molar-refractivity contribution in [3.05, 3.63) is 68.1 Å². The SMILES string of the molecule is O=c1[nH]c(O)c(C=c2cnn3c(=NC4CC4)nc(OCc4ccc(Cl)cc4)nc23)[nH]1. The Morgan fingerprint density at radius 1 is 1.27 bits per heavy atom. The van der Waals surface area contributed by atoms with E-state index < -0.39 is 5.69 Å². The number of fused-ring (bicyclic) bond motifs is 1. The number of benzene rings is 1. The first-order valence-corrected chi connectivity index (χ1v) is 9.63. The van der Waals surface area contributed by atoms with Crippen molar-refractivity contribution in [2.45, 2.75) is 25.5 Å². The number of aromatic hydroxyl groups is 1. The van der Waals surface area contributed by atoms with Crippen LogP contribution in [0, 0.1) is 0 Å². The lowest BCUT2D eigenvalue weighted by molar-refractivity contribution is 0.278. The normalized spacial score (nSPS) is 15.2. The van der Waals surface area contributed by atoms with Crippen molar-refractivity contribution in [1.29, 1.82) is 0 Å². The highest BCUT2D eigenvalue weighted by atomic mass is 35.5. The van der Waals surface area contributed by atoms with Gasteiger partial charge in [0.2, 0.25) is 5.88 Å². The third-order valence-corrected chi connectivity index (χ3v) is 4.77. The van der Waals surface area contributed by atoms with E-state index in [1.165, 1.54) is 4.52 Å². The summed E-state index contributed by atoms with van der Waals surface area (Å²) in [5.41, 5.74) is 1.45. The summed E-state index contributed by atoms with van der Waals surface area (Å²) in [6.45, 7) is 0.259. The molecule has 1 fully saturated rings. The van der Waals surface area contributed by atoms with E-state index in [2.05, 4.69) is 30.0 Å². The molecule has 0 radical (unpaired) electrons. The van der Waals surface area contributed by atoms with Gasteiger partial charge < -0.3 is 14.8 Å². The van der Waals surface area contributed by atoms with Crippen molar-refractivity contribution in [2.75, 3.05) is 0 Å². The Kier molecular flexibility index (Phi) is 4.47. The number of ether oxygens (including phenoxy) is 1. The molecule has 152 valence electrons. The minimum absolute atomic E-state index is 0.152. The first kappa shape index (κ1) is 18.4. The van der Waals surface area contributed by atoms with Gasteiger partial charge in [0.05, 0.1) is 12.2 Å². The van der Waals surface area contributed by atoms with E-state index in [4.69, 9.17) is 16.3 Å². The molecule has 3 aromatic heterocycles. The number of H-pyrrole nitrogens is 2. The molecule has 0 atom stereocenters. The fraction of sp³-hybridized carbons (Fsp3) is 0.211. The van der Waals surface area contributed by atoms with Crippen molar-refractivity contribution in [1.82, 2.24) is 29.5 Å². The largest absolute Gasteiger partial charge is 0.493 e. The lowest BCUT2D eigenvalue weighted by Gasteiger charge is -2.05. The van der Waals surface area contributed by atoms with Crippen LogP contribution in [-0.2, 0) is 6.61 Å². The summed E-state index contributed by atoms with van der Waals surface area (Å²) < 4.78 is 7.31. The Balaban J connectivity index is 1.58. The van der Waals surface area contributed by atoms with E-state index in [1.54, 1.807) is 24.4 Å². The van der Waals surface area contributed by atoms with Crippen LogP contribution in [0.4, 0.5) is 0 Å². The van der Waals surface area contributed by atoms with Crippen molar-refractivity contribution in [3.8, 4) is 11.9 Å². The van der Waals surface area contributed by atoms with E-state index in [9.17, 15) is 9.90 Å².